The maximum absolute atomic E-state index is 11.8. The lowest BCUT2D eigenvalue weighted by Crippen LogP contribution is -2.21. The minimum Gasteiger partial charge on any atom is -0.250 e. The molecule has 0 unspecified atom stereocenters. The molecule has 0 bridgehead atoms. The van der Waals surface area contributed by atoms with Gasteiger partial charge in [-0.05, 0) is 18.6 Å². The quantitative estimate of drug-likeness (QED) is 0.712. The molecule has 4 heteroatoms. The molecule has 80 valence electrons. The molecule has 0 aromatic carbocycles. The van der Waals surface area contributed by atoms with Gasteiger partial charge in [0, 0.05) is 12.7 Å². The van der Waals surface area contributed by atoms with Crippen LogP contribution >= 0.6 is 0 Å². The summed E-state index contributed by atoms with van der Waals surface area (Å²) >= 11 is 0. The molecular weight excluding hydrogens is 190 g/mol. The van der Waals surface area contributed by atoms with Gasteiger partial charge in [0.05, 0.1) is 0 Å². The SMILES string of the molecule is CCCCCn1nc2ccccn2c1=O. The number of aromatic nitrogens is 3. The average molecular weight is 205 g/mol. The topological polar surface area (TPSA) is 39.3 Å². The van der Waals surface area contributed by atoms with Crippen LogP contribution in [-0.2, 0) is 6.54 Å². The second-order valence-electron chi connectivity index (χ2n) is 3.64. The van der Waals surface area contributed by atoms with Gasteiger partial charge in [-0.3, -0.25) is 4.40 Å². The Bertz CT molecular complexity index is 498. The Morgan fingerprint density at radius 2 is 2.20 bits per heavy atom. The van der Waals surface area contributed by atoms with Crippen molar-refractivity contribution in [3.63, 3.8) is 0 Å². The third kappa shape index (κ3) is 1.93. The largest absolute Gasteiger partial charge is 0.350 e. The van der Waals surface area contributed by atoms with E-state index in [1.54, 1.807) is 15.3 Å². The van der Waals surface area contributed by atoms with E-state index in [1.165, 1.54) is 0 Å². The van der Waals surface area contributed by atoms with Crippen molar-refractivity contribution in [1.29, 1.82) is 0 Å². The second-order valence-corrected chi connectivity index (χ2v) is 3.64. The van der Waals surface area contributed by atoms with Gasteiger partial charge in [-0.15, -0.1) is 5.10 Å². The molecule has 0 atom stereocenters. The van der Waals surface area contributed by atoms with E-state index in [-0.39, 0.29) is 5.69 Å². The summed E-state index contributed by atoms with van der Waals surface area (Å²) in [6.07, 6.45) is 5.06. The van der Waals surface area contributed by atoms with E-state index in [1.807, 2.05) is 18.2 Å². The third-order valence-corrected chi connectivity index (χ3v) is 2.46. The molecular formula is C11H15N3O. The van der Waals surface area contributed by atoms with E-state index in [0.29, 0.717) is 6.54 Å². The van der Waals surface area contributed by atoms with Crippen LogP contribution in [0.25, 0.3) is 5.65 Å². The highest BCUT2D eigenvalue weighted by molar-refractivity contribution is 5.35. The van der Waals surface area contributed by atoms with E-state index >= 15 is 0 Å². The summed E-state index contributed by atoms with van der Waals surface area (Å²) in [5.41, 5.74) is 0.681. The fourth-order valence-electron chi connectivity index (χ4n) is 1.63. The summed E-state index contributed by atoms with van der Waals surface area (Å²) in [6, 6.07) is 5.57. The van der Waals surface area contributed by atoms with Crippen LogP contribution in [0.5, 0.6) is 0 Å². The number of fused-ring (bicyclic) bond motifs is 1. The van der Waals surface area contributed by atoms with Gasteiger partial charge in [0.25, 0.3) is 0 Å². The smallest absolute Gasteiger partial charge is 0.250 e. The molecule has 2 heterocycles. The van der Waals surface area contributed by atoms with Gasteiger partial charge in [-0.2, -0.15) is 0 Å². The van der Waals surface area contributed by atoms with Crippen molar-refractivity contribution in [1.82, 2.24) is 14.2 Å². The number of nitrogens with zero attached hydrogens (tertiary/aromatic N) is 3. The highest BCUT2D eigenvalue weighted by Crippen LogP contribution is 1.98. The van der Waals surface area contributed by atoms with Crippen LogP contribution < -0.4 is 5.69 Å². The Morgan fingerprint density at radius 1 is 1.33 bits per heavy atom. The first-order valence-electron chi connectivity index (χ1n) is 5.37. The predicted molar refractivity (Wildman–Crippen MR) is 59.0 cm³/mol. The molecule has 0 fully saturated rings. The first-order valence-corrected chi connectivity index (χ1v) is 5.37. The van der Waals surface area contributed by atoms with Crippen molar-refractivity contribution in [2.75, 3.05) is 0 Å². The molecule has 0 aliphatic heterocycles. The van der Waals surface area contributed by atoms with Crippen LogP contribution in [0, 0.1) is 0 Å². The number of hydrogen-bond acceptors (Lipinski definition) is 2. The molecule has 15 heavy (non-hydrogen) atoms. The van der Waals surface area contributed by atoms with E-state index in [2.05, 4.69) is 12.0 Å². The fraction of sp³-hybridized carbons (Fsp3) is 0.455. The summed E-state index contributed by atoms with van der Waals surface area (Å²) in [6.45, 7) is 2.86. The molecule has 2 aromatic rings. The zero-order valence-corrected chi connectivity index (χ0v) is 8.89. The monoisotopic (exact) mass is 205 g/mol. The molecule has 0 spiro atoms. The summed E-state index contributed by atoms with van der Waals surface area (Å²) < 4.78 is 3.12. The maximum Gasteiger partial charge on any atom is 0.350 e. The van der Waals surface area contributed by atoms with Crippen LogP contribution in [-0.4, -0.2) is 14.2 Å². The van der Waals surface area contributed by atoms with Crippen LogP contribution in [0.15, 0.2) is 29.2 Å². The lowest BCUT2D eigenvalue weighted by atomic mass is 10.2. The first-order chi connectivity index (χ1) is 7.33. The van der Waals surface area contributed by atoms with Crippen LogP contribution in [0.4, 0.5) is 0 Å². The molecule has 2 aromatic heterocycles. The zero-order chi connectivity index (χ0) is 10.7. The van der Waals surface area contributed by atoms with Gasteiger partial charge in [0.1, 0.15) is 0 Å². The Morgan fingerprint density at radius 3 is 2.93 bits per heavy atom. The van der Waals surface area contributed by atoms with Gasteiger partial charge >= 0.3 is 5.69 Å². The number of unbranched alkanes of at least 4 members (excludes halogenated alkanes) is 2. The van der Waals surface area contributed by atoms with E-state index in [4.69, 9.17) is 0 Å². The molecule has 0 N–H and O–H groups in total. The van der Waals surface area contributed by atoms with Crippen molar-refractivity contribution in [3.8, 4) is 0 Å². The third-order valence-electron chi connectivity index (χ3n) is 2.46. The highest BCUT2D eigenvalue weighted by Gasteiger charge is 2.04. The summed E-state index contributed by atoms with van der Waals surface area (Å²) in [5.74, 6) is 0. The molecule has 0 saturated heterocycles. The van der Waals surface area contributed by atoms with Gasteiger partial charge < -0.3 is 0 Å². The van der Waals surface area contributed by atoms with Crippen molar-refractivity contribution in [2.45, 2.75) is 32.7 Å². The molecule has 0 aliphatic carbocycles. The van der Waals surface area contributed by atoms with Crippen molar-refractivity contribution < 1.29 is 0 Å². The minimum atomic E-state index is -0.0401. The van der Waals surface area contributed by atoms with E-state index in [0.717, 1.165) is 24.9 Å². The number of rotatable bonds is 4. The van der Waals surface area contributed by atoms with Crippen molar-refractivity contribution in [2.24, 2.45) is 0 Å². The number of pyridine rings is 1. The Labute approximate surface area is 88.2 Å². The molecule has 0 amide bonds. The normalized spacial score (nSPS) is 11.0. The molecule has 0 radical (unpaired) electrons. The van der Waals surface area contributed by atoms with Gasteiger partial charge in [0.2, 0.25) is 0 Å². The predicted octanol–water partition coefficient (Wildman–Crippen LogP) is 1.69. The Balaban J connectivity index is 2.28. The molecule has 0 aliphatic rings. The van der Waals surface area contributed by atoms with Crippen molar-refractivity contribution in [3.05, 3.63) is 34.9 Å². The molecule has 2 rings (SSSR count). The summed E-state index contributed by atoms with van der Waals surface area (Å²) in [7, 11) is 0. The Kier molecular flexibility index (Phi) is 2.85. The van der Waals surface area contributed by atoms with Crippen molar-refractivity contribution >= 4 is 5.65 Å². The zero-order valence-electron chi connectivity index (χ0n) is 8.89. The number of aryl methyl sites for hydroxylation is 1. The van der Waals surface area contributed by atoms with Gasteiger partial charge in [-0.25, -0.2) is 9.48 Å². The van der Waals surface area contributed by atoms with Crippen LogP contribution in [0.1, 0.15) is 26.2 Å². The average Bonchev–Trinajstić information content (AvgIpc) is 2.57. The maximum atomic E-state index is 11.8. The second kappa shape index (κ2) is 4.29. The minimum absolute atomic E-state index is 0.0401. The lowest BCUT2D eigenvalue weighted by Gasteiger charge is -1.96. The van der Waals surface area contributed by atoms with E-state index in [9.17, 15) is 4.79 Å². The molecule has 4 nitrogen and oxygen atoms in total. The van der Waals surface area contributed by atoms with E-state index < -0.39 is 0 Å². The van der Waals surface area contributed by atoms with Gasteiger partial charge in [-0.1, -0.05) is 25.8 Å². The first kappa shape index (κ1) is 9.96. The summed E-state index contributed by atoms with van der Waals surface area (Å²) in [4.78, 5) is 11.8. The van der Waals surface area contributed by atoms with Crippen LogP contribution in [0.2, 0.25) is 0 Å². The van der Waals surface area contributed by atoms with Crippen LogP contribution in [0.3, 0.4) is 0 Å². The number of hydrogen-bond donors (Lipinski definition) is 0. The standard InChI is InChI=1S/C11H15N3O/c1-2-3-5-9-14-11(15)13-8-6-4-7-10(13)12-14/h4,6-8H,2-3,5,9H2,1H3. The molecule has 0 saturated carbocycles. The van der Waals surface area contributed by atoms with Gasteiger partial charge in [0.15, 0.2) is 5.65 Å². The Hall–Kier alpha value is -1.58. The summed E-state index contributed by atoms with van der Waals surface area (Å²) in [5, 5.41) is 4.25. The fourth-order valence-corrected chi connectivity index (χ4v) is 1.63. The lowest BCUT2D eigenvalue weighted by molar-refractivity contribution is 0.538. The highest BCUT2D eigenvalue weighted by atomic mass is 16.2.